The summed E-state index contributed by atoms with van der Waals surface area (Å²) in [6.07, 6.45) is 1.18. The molecule has 0 unspecified atom stereocenters. The largest absolute Gasteiger partial charge is 0.494 e. The molecule has 2 aromatic rings. The van der Waals surface area contributed by atoms with Gasteiger partial charge < -0.3 is 14.2 Å². The Kier molecular flexibility index (Phi) is 5.72. The number of aryl methyl sites for hydroxylation is 2. The summed E-state index contributed by atoms with van der Waals surface area (Å²) in [4.78, 5) is 0. The molecule has 0 N–H and O–H groups in total. The third kappa shape index (κ3) is 4.18. The number of benzene rings is 2. The Labute approximate surface area is 128 Å². The van der Waals surface area contributed by atoms with Crippen LogP contribution in [-0.4, -0.2) is 21.0 Å². The summed E-state index contributed by atoms with van der Waals surface area (Å²) in [5, 5.41) is 0. The maximum absolute atomic E-state index is 13.4. The molecule has 2 aromatic carbocycles. The molecule has 0 amide bonds. The molecule has 0 radical (unpaired) electrons. The van der Waals surface area contributed by atoms with Crippen LogP contribution in [0, 0.1) is 11.6 Å². The van der Waals surface area contributed by atoms with Crippen LogP contribution < -0.4 is 9.47 Å². The second-order valence-corrected chi connectivity index (χ2v) is 4.77. The molecule has 0 heterocycles. The highest BCUT2D eigenvalue weighted by Gasteiger charge is 2.08. The van der Waals surface area contributed by atoms with Gasteiger partial charge in [0.05, 0.1) is 7.11 Å². The molecule has 118 valence electrons. The average molecular weight is 308 g/mol. The summed E-state index contributed by atoms with van der Waals surface area (Å²) in [6, 6.07) is 9.05. The van der Waals surface area contributed by atoms with E-state index < -0.39 is 5.82 Å². The number of hydrogen-bond donors (Lipinski definition) is 0. The van der Waals surface area contributed by atoms with Crippen molar-refractivity contribution in [3.63, 3.8) is 0 Å². The number of ether oxygens (including phenoxy) is 3. The van der Waals surface area contributed by atoms with Gasteiger partial charge in [0.15, 0.2) is 18.4 Å². The van der Waals surface area contributed by atoms with E-state index in [4.69, 9.17) is 14.2 Å². The summed E-state index contributed by atoms with van der Waals surface area (Å²) >= 11 is 0. The highest BCUT2D eigenvalue weighted by atomic mass is 19.1. The van der Waals surface area contributed by atoms with Crippen molar-refractivity contribution in [1.82, 2.24) is 0 Å². The smallest absolute Gasteiger partial charge is 0.188 e. The van der Waals surface area contributed by atoms with Gasteiger partial charge in [-0.1, -0.05) is 6.07 Å². The summed E-state index contributed by atoms with van der Waals surface area (Å²) in [5.41, 5.74) is 1.64. The Morgan fingerprint density at radius 2 is 1.73 bits per heavy atom. The number of rotatable bonds is 7. The molecule has 0 aliphatic carbocycles. The Bertz CT molecular complexity index is 629. The molecule has 0 atom stereocenters. The van der Waals surface area contributed by atoms with E-state index in [1.54, 1.807) is 18.2 Å². The molecule has 0 aliphatic heterocycles. The molecule has 2 rings (SSSR count). The van der Waals surface area contributed by atoms with Gasteiger partial charge in [0, 0.05) is 7.11 Å². The second kappa shape index (κ2) is 7.75. The van der Waals surface area contributed by atoms with Crippen LogP contribution in [0.2, 0.25) is 0 Å². The van der Waals surface area contributed by atoms with Crippen LogP contribution in [-0.2, 0) is 17.6 Å². The minimum Gasteiger partial charge on any atom is -0.494 e. The van der Waals surface area contributed by atoms with Crippen LogP contribution in [0.4, 0.5) is 8.78 Å². The van der Waals surface area contributed by atoms with Crippen molar-refractivity contribution in [2.24, 2.45) is 0 Å². The van der Waals surface area contributed by atoms with E-state index >= 15 is 0 Å². The van der Waals surface area contributed by atoms with Crippen LogP contribution in [0.15, 0.2) is 36.4 Å². The molecule has 0 bridgehead atoms. The molecule has 0 saturated carbocycles. The van der Waals surface area contributed by atoms with Crippen molar-refractivity contribution in [2.45, 2.75) is 12.8 Å². The third-order valence-corrected chi connectivity index (χ3v) is 3.25. The van der Waals surface area contributed by atoms with Gasteiger partial charge in [-0.05, 0) is 54.3 Å². The standard InChI is InChI=1S/C17H18F2O3/c1-20-11-22-16-8-6-14(18)10-13(16)5-3-12-4-7-15(19)17(9-12)21-2/h4,6-10H,3,5,11H2,1-2H3. The lowest BCUT2D eigenvalue weighted by Crippen LogP contribution is -2.03. The molecule has 5 heteroatoms. The fourth-order valence-corrected chi connectivity index (χ4v) is 2.15. The lowest BCUT2D eigenvalue weighted by molar-refractivity contribution is 0.0503. The van der Waals surface area contributed by atoms with Gasteiger partial charge in [-0.25, -0.2) is 8.78 Å². The van der Waals surface area contributed by atoms with Crippen LogP contribution >= 0.6 is 0 Å². The third-order valence-electron chi connectivity index (χ3n) is 3.25. The van der Waals surface area contributed by atoms with Gasteiger partial charge in [-0.15, -0.1) is 0 Å². The van der Waals surface area contributed by atoms with E-state index in [9.17, 15) is 8.78 Å². The topological polar surface area (TPSA) is 27.7 Å². The maximum atomic E-state index is 13.4. The van der Waals surface area contributed by atoms with Gasteiger partial charge in [-0.2, -0.15) is 0 Å². The molecule has 0 aliphatic rings. The Hall–Kier alpha value is -2.14. The van der Waals surface area contributed by atoms with E-state index in [-0.39, 0.29) is 18.4 Å². The highest BCUT2D eigenvalue weighted by Crippen LogP contribution is 2.24. The first-order chi connectivity index (χ1) is 10.6. The molecular formula is C17H18F2O3. The van der Waals surface area contributed by atoms with Crippen molar-refractivity contribution in [3.8, 4) is 11.5 Å². The van der Waals surface area contributed by atoms with Gasteiger partial charge in [0.2, 0.25) is 0 Å². The maximum Gasteiger partial charge on any atom is 0.188 e. The quantitative estimate of drug-likeness (QED) is 0.729. The van der Waals surface area contributed by atoms with E-state index in [0.717, 1.165) is 11.1 Å². The van der Waals surface area contributed by atoms with Crippen molar-refractivity contribution in [3.05, 3.63) is 59.2 Å². The summed E-state index contributed by atoms with van der Waals surface area (Å²) in [7, 11) is 2.94. The fraction of sp³-hybridized carbons (Fsp3) is 0.294. The molecule has 0 spiro atoms. The molecule has 3 nitrogen and oxygen atoms in total. The van der Waals surface area contributed by atoms with Crippen LogP contribution in [0.3, 0.4) is 0 Å². The van der Waals surface area contributed by atoms with Gasteiger partial charge >= 0.3 is 0 Å². The number of halogens is 2. The van der Waals surface area contributed by atoms with Crippen LogP contribution in [0.1, 0.15) is 11.1 Å². The van der Waals surface area contributed by atoms with E-state index in [2.05, 4.69) is 0 Å². The highest BCUT2D eigenvalue weighted by molar-refractivity contribution is 5.36. The van der Waals surface area contributed by atoms with Crippen molar-refractivity contribution >= 4 is 0 Å². The van der Waals surface area contributed by atoms with E-state index in [1.807, 2.05) is 0 Å². The SMILES string of the molecule is COCOc1ccc(F)cc1CCc1ccc(F)c(OC)c1. The zero-order valence-electron chi connectivity index (χ0n) is 12.6. The van der Waals surface area contributed by atoms with Crippen molar-refractivity contribution in [1.29, 1.82) is 0 Å². The Balaban J connectivity index is 2.11. The fourth-order valence-electron chi connectivity index (χ4n) is 2.15. The first-order valence-corrected chi connectivity index (χ1v) is 6.86. The molecular weight excluding hydrogens is 290 g/mol. The monoisotopic (exact) mass is 308 g/mol. The predicted octanol–water partition coefficient (Wildman–Crippen LogP) is 3.74. The Morgan fingerprint density at radius 3 is 2.45 bits per heavy atom. The first kappa shape index (κ1) is 16.2. The van der Waals surface area contributed by atoms with Gasteiger partial charge in [0.1, 0.15) is 11.6 Å². The second-order valence-electron chi connectivity index (χ2n) is 4.77. The van der Waals surface area contributed by atoms with Crippen molar-refractivity contribution in [2.75, 3.05) is 21.0 Å². The minimum absolute atomic E-state index is 0.100. The summed E-state index contributed by atoms with van der Waals surface area (Å²) in [6.45, 7) is 0.100. The summed E-state index contributed by atoms with van der Waals surface area (Å²) < 4.78 is 42.0. The average Bonchev–Trinajstić information content (AvgIpc) is 2.53. The minimum atomic E-state index is -0.402. The zero-order valence-corrected chi connectivity index (χ0v) is 12.6. The zero-order chi connectivity index (χ0) is 15.9. The molecule has 0 saturated heterocycles. The van der Waals surface area contributed by atoms with E-state index in [1.165, 1.54) is 32.4 Å². The molecule has 22 heavy (non-hydrogen) atoms. The lowest BCUT2D eigenvalue weighted by Gasteiger charge is -2.11. The van der Waals surface area contributed by atoms with Crippen LogP contribution in [0.5, 0.6) is 11.5 Å². The predicted molar refractivity (Wildman–Crippen MR) is 79.3 cm³/mol. The van der Waals surface area contributed by atoms with Crippen molar-refractivity contribution < 1.29 is 23.0 Å². The van der Waals surface area contributed by atoms with Gasteiger partial charge in [-0.3, -0.25) is 0 Å². The lowest BCUT2D eigenvalue weighted by atomic mass is 10.0. The van der Waals surface area contributed by atoms with Gasteiger partial charge in [0.25, 0.3) is 0 Å². The first-order valence-electron chi connectivity index (χ1n) is 6.86. The normalized spacial score (nSPS) is 10.5. The Morgan fingerprint density at radius 1 is 0.909 bits per heavy atom. The summed E-state index contributed by atoms with van der Waals surface area (Å²) in [5.74, 6) is 0.0579. The van der Waals surface area contributed by atoms with Crippen LogP contribution in [0.25, 0.3) is 0 Å². The molecule has 0 fully saturated rings. The van der Waals surface area contributed by atoms with E-state index in [0.29, 0.717) is 18.6 Å². The number of hydrogen-bond acceptors (Lipinski definition) is 3. The number of methoxy groups -OCH3 is 2. The molecule has 0 aromatic heterocycles.